The molecule has 0 saturated heterocycles. The maximum atomic E-state index is 13.5. The van der Waals surface area contributed by atoms with Gasteiger partial charge in [-0.25, -0.2) is 4.98 Å². The Hall–Kier alpha value is -5.48. The number of carbonyl (C=O) groups is 3. The van der Waals surface area contributed by atoms with Crippen molar-refractivity contribution in [3.05, 3.63) is 161 Å². The second-order valence-corrected chi connectivity index (χ2v) is 13.8. The minimum atomic E-state index is -0.478. The van der Waals surface area contributed by atoms with E-state index < -0.39 is 17.1 Å². The molecule has 0 aliphatic heterocycles. The van der Waals surface area contributed by atoms with Crippen molar-refractivity contribution in [3.63, 3.8) is 0 Å². The van der Waals surface area contributed by atoms with E-state index in [1.54, 1.807) is 48.5 Å². The van der Waals surface area contributed by atoms with E-state index in [0.717, 1.165) is 27.1 Å². The van der Waals surface area contributed by atoms with Gasteiger partial charge in [0.25, 0.3) is 11.8 Å². The highest BCUT2D eigenvalue weighted by molar-refractivity contribution is 8.00. The summed E-state index contributed by atoms with van der Waals surface area (Å²) in [7, 11) is 0. The van der Waals surface area contributed by atoms with Crippen LogP contribution in [0.2, 0.25) is 5.02 Å². The van der Waals surface area contributed by atoms with Crippen molar-refractivity contribution in [1.82, 2.24) is 10.3 Å². The van der Waals surface area contributed by atoms with Gasteiger partial charge in [-0.15, -0.1) is 23.1 Å². The summed E-state index contributed by atoms with van der Waals surface area (Å²) in [6.07, 6.45) is 1.65. The van der Waals surface area contributed by atoms with Crippen molar-refractivity contribution in [1.29, 1.82) is 0 Å². The van der Waals surface area contributed by atoms with Crippen LogP contribution in [0.15, 0.2) is 149 Å². The molecular formula is C40H31ClN4O3S2. The molecule has 0 aliphatic carbocycles. The molecule has 0 aliphatic rings. The van der Waals surface area contributed by atoms with Crippen molar-refractivity contribution in [2.24, 2.45) is 0 Å². The predicted octanol–water partition coefficient (Wildman–Crippen LogP) is 9.66. The minimum absolute atomic E-state index is 0.0925. The van der Waals surface area contributed by atoms with Crippen LogP contribution in [-0.4, -0.2) is 28.0 Å². The number of nitrogens with one attached hydrogen (secondary N) is 3. The molecule has 1 atom stereocenters. The van der Waals surface area contributed by atoms with Crippen LogP contribution in [0.3, 0.4) is 0 Å². The van der Waals surface area contributed by atoms with Gasteiger partial charge in [0.05, 0.1) is 10.9 Å². The lowest BCUT2D eigenvalue weighted by molar-refractivity contribution is -0.115. The van der Waals surface area contributed by atoms with E-state index in [4.69, 9.17) is 11.6 Å². The summed E-state index contributed by atoms with van der Waals surface area (Å²) < 4.78 is 0. The number of halogens is 1. The third kappa shape index (κ3) is 8.95. The second kappa shape index (κ2) is 16.3. The molecule has 7 nitrogen and oxygen atoms in total. The molecule has 0 spiro atoms. The average Bonchev–Trinajstić information content (AvgIpc) is 3.61. The van der Waals surface area contributed by atoms with E-state index in [2.05, 4.69) is 20.9 Å². The Kier molecular flexibility index (Phi) is 11.2. The van der Waals surface area contributed by atoms with Crippen LogP contribution in [0.25, 0.3) is 28.5 Å². The molecule has 0 saturated carbocycles. The summed E-state index contributed by atoms with van der Waals surface area (Å²) in [4.78, 5) is 44.9. The van der Waals surface area contributed by atoms with Crippen LogP contribution in [-0.2, 0) is 9.59 Å². The molecule has 0 bridgehead atoms. The van der Waals surface area contributed by atoms with Crippen LogP contribution < -0.4 is 16.0 Å². The summed E-state index contributed by atoms with van der Waals surface area (Å²) in [6.45, 7) is 1.82. The van der Waals surface area contributed by atoms with Gasteiger partial charge < -0.3 is 16.0 Å². The lowest BCUT2D eigenvalue weighted by Crippen LogP contribution is -2.30. The number of amides is 3. The number of benzene rings is 5. The monoisotopic (exact) mass is 714 g/mol. The summed E-state index contributed by atoms with van der Waals surface area (Å²) in [5.74, 6) is -1.06. The van der Waals surface area contributed by atoms with Gasteiger partial charge in [0.15, 0.2) is 5.13 Å². The fourth-order valence-corrected chi connectivity index (χ4v) is 6.73. The number of aromatic nitrogens is 1. The molecule has 1 aromatic heterocycles. The first kappa shape index (κ1) is 34.4. The zero-order valence-electron chi connectivity index (χ0n) is 26.8. The van der Waals surface area contributed by atoms with Crippen LogP contribution in [0.4, 0.5) is 10.8 Å². The Labute approximate surface area is 303 Å². The van der Waals surface area contributed by atoms with E-state index in [1.165, 1.54) is 23.1 Å². The minimum Gasteiger partial charge on any atom is -0.321 e. The van der Waals surface area contributed by atoms with Gasteiger partial charge in [-0.05, 0) is 72.2 Å². The molecule has 5 aromatic carbocycles. The van der Waals surface area contributed by atoms with Gasteiger partial charge in [0.2, 0.25) is 5.91 Å². The Morgan fingerprint density at radius 2 is 1.40 bits per heavy atom. The van der Waals surface area contributed by atoms with E-state index in [9.17, 15) is 14.4 Å². The molecule has 0 fully saturated rings. The first-order valence-corrected chi connectivity index (χ1v) is 17.8. The molecular weight excluding hydrogens is 684 g/mol. The lowest BCUT2D eigenvalue weighted by atomic mass is 10.0. The number of hydrogen-bond donors (Lipinski definition) is 3. The highest BCUT2D eigenvalue weighted by Gasteiger charge is 2.18. The average molecular weight is 715 g/mol. The molecule has 1 unspecified atom stereocenters. The second-order valence-electron chi connectivity index (χ2n) is 11.1. The quantitative estimate of drug-likeness (QED) is 0.0917. The van der Waals surface area contributed by atoms with Crippen LogP contribution in [0.1, 0.15) is 22.8 Å². The summed E-state index contributed by atoms with van der Waals surface area (Å²) in [5, 5.41) is 11.1. The normalized spacial score (nSPS) is 11.8. The number of nitrogens with zero attached hydrogens (tertiary/aromatic N) is 1. The predicted molar refractivity (Wildman–Crippen MR) is 205 cm³/mol. The maximum Gasteiger partial charge on any atom is 0.272 e. The fraction of sp³-hybridized carbons (Fsp3) is 0.0500. The molecule has 248 valence electrons. The number of anilines is 2. The summed E-state index contributed by atoms with van der Waals surface area (Å²) >= 11 is 9.01. The fourth-order valence-electron chi connectivity index (χ4n) is 4.92. The van der Waals surface area contributed by atoms with E-state index in [0.29, 0.717) is 27.1 Å². The van der Waals surface area contributed by atoms with E-state index in [-0.39, 0.29) is 11.6 Å². The van der Waals surface area contributed by atoms with E-state index in [1.807, 2.05) is 103 Å². The summed E-state index contributed by atoms with van der Waals surface area (Å²) in [5.41, 5.74) is 5.43. The van der Waals surface area contributed by atoms with Crippen molar-refractivity contribution in [3.8, 4) is 22.4 Å². The lowest BCUT2D eigenvalue weighted by Gasteiger charge is -2.13. The zero-order chi connectivity index (χ0) is 34.9. The zero-order valence-corrected chi connectivity index (χ0v) is 29.2. The molecule has 3 N–H and O–H groups in total. The van der Waals surface area contributed by atoms with Crippen LogP contribution in [0.5, 0.6) is 0 Å². The Morgan fingerprint density at radius 1 is 0.760 bits per heavy atom. The van der Waals surface area contributed by atoms with Gasteiger partial charge in [-0.1, -0.05) is 103 Å². The molecule has 6 rings (SSSR count). The number of carbonyl (C=O) groups excluding carboxylic acids is 3. The molecule has 3 amide bonds. The molecule has 1 heterocycles. The topological polar surface area (TPSA) is 100 Å². The molecule has 50 heavy (non-hydrogen) atoms. The third-order valence-corrected chi connectivity index (χ3v) is 9.74. The van der Waals surface area contributed by atoms with Gasteiger partial charge in [0.1, 0.15) is 5.70 Å². The number of rotatable bonds is 11. The van der Waals surface area contributed by atoms with Gasteiger partial charge >= 0.3 is 0 Å². The van der Waals surface area contributed by atoms with Crippen molar-refractivity contribution in [2.45, 2.75) is 17.1 Å². The van der Waals surface area contributed by atoms with Gasteiger partial charge in [-0.2, -0.15) is 0 Å². The van der Waals surface area contributed by atoms with Gasteiger partial charge in [0, 0.05) is 32.1 Å². The summed E-state index contributed by atoms with van der Waals surface area (Å²) in [6, 6.07) is 41.1. The Morgan fingerprint density at radius 3 is 2.10 bits per heavy atom. The Balaban J connectivity index is 1.11. The smallest absolute Gasteiger partial charge is 0.272 e. The number of hydrogen-bond acceptors (Lipinski definition) is 6. The number of thiazole rings is 1. The largest absolute Gasteiger partial charge is 0.321 e. The molecule has 0 radical (unpaired) electrons. The van der Waals surface area contributed by atoms with Crippen LogP contribution in [0, 0.1) is 0 Å². The molecule has 10 heteroatoms. The number of thioether (sulfide) groups is 1. The standard InChI is InChI=1S/C40H31ClN4O3S2/c1-26(37(46)45-40-44-36(25-49-40)33-14-8-9-15-34(33)41)50-32-22-20-31(21-23-32)42-39(48)35(43-38(47)30-12-6-3-7-13-30)24-27-16-18-29(19-17-27)28-10-4-2-5-11-28/h2-26H,1H3,(H,42,48)(H,43,47)(H,44,45,46)/b35-24-. The van der Waals surface area contributed by atoms with Gasteiger partial charge in [-0.3, -0.25) is 14.4 Å². The maximum absolute atomic E-state index is 13.5. The molecule has 6 aromatic rings. The first-order chi connectivity index (χ1) is 24.3. The third-order valence-electron chi connectivity index (χ3n) is 7.54. The first-order valence-electron chi connectivity index (χ1n) is 15.7. The SMILES string of the molecule is CC(Sc1ccc(NC(=O)/C(=C/c2ccc(-c3ccccc3)cc2)NC(=O)c2ccccc2)cc1)C(=O)Nc1nc(-c2ccccc2Cl)cs1. The highest BCUT2D eigenvalue weighted by Crippen LogP contribution is 2.31. The van der Waals surface area contributed by atoms with Crippen molar-refractivity contribution >= 4 is 69.3 Å². The Bertz CT molecular complexity index is 2140. The highest BCUT2D eigenvalue weighted by atomic mass is 35.5. The van der Waals surface area contributed by atoms with E-state index >= 15 is 0 Å². The van der Waals surface area contributed by atoms with Crippen molar-refractivity contribution < 1.29 is 14.4 Å². The van der Waals surface area contributed by atoms with Crippen LogP contribution >= 0.6 is 34.7 Å². The van der Waals surface area contributed by atoms with Crippen molar-refractivity contribution in [2.75, 3.05) is 10.6 Å².